The minimum absolute atomic E-state index is 0.256. The first-order chi connectivity index (χ1) is 15.3. The lowest BCUT2D eigenvalue weighted by molar-refractivity contribution is -0.145. The SMILES string of the molecule is CCCc1nc2ccc(Br)cc2c(=O)n1N=Cc1cc(Cl)cc(Br)c1OCC(=O)OCC. The average Bonchev–Trinajstić information content (AvgIpc) is 2.73. The van der Waals surface area contributed by atoms with Gasteiger partial charge in [0.1, 0.15) is 11.6 Å². The van der Waals surface area contributed by atoms with Crippen LogP contribution in [0.25, 0.3) is 10.9 Å². The number of nitrogens with zero attached hydrogens (tertiary/aromatic N) is 3. The highest BCUT2D eigenvalue weighted by Crippen LogP contribution is 2.32. The van der Waals surface area contributed by atoms with Crippen molar-refractivity contribution in [2.75, 3.05) is 13.2 Å². The Morgan fingerprint density at radius 3 is 2.75 bits per heavy atom. The standard InChI is InChI=1S/C22H20Br2ClN3O4/c1-3-5-19-27-18-7-6-14(23)9-16(18)22(30)28(19)26-11-13-8-15(25)10-17(24)21(13)32-12-20(29)31-4-2/h6-11H,3-5,12H2,1-2H3. The number of hydrogen-bond acceptors (Lipinski definition) is 6. The number of aryl methyl sites for hydroxylation is 1. The minimum atomic E-state index is -0.497. The molecular weight excluding hydrogens is 566 g/mol. The molecule has 3 aromatic rings. The monoisotopic (exact) mass is 583 g/mol. The molecule has 0 N–H and O–H groups in total. The maximum Gasteiger partial charge on any atom is 0.344 e. The Bertz CT molecular complexity index is 1240. The molecule has 1 heterocycles. The van der Waals surface area contributed by atoms with E-state index >= 15 is 0 Å². The summed E-state index contributed by atoms with van der Waals surface area (Å²) in [5.74, 6) is 0.398. The number of aromatic nitrogens is 2. The van der Waals surface area contributed by atoms with Gasteiger partial charge in [-0.1, -0.05) is 34.5 Å². The van der Waals surface area contributed by atoms with Gasteiger partial charge in [-0.25, -0.2) is 9.78 Å². The zero-order chi connectivity index (χ0) is 23.3. The van der Waals surface area contributed by atoms with Gasteiger partial charge in [0.2, 0.25) is 0 Å². The van der Waals surface area contributed by atoms with Gasteiger partial charge < -0.3 is 9.47 Å². The van der Waals surface area contributed by atoms with Crippen molar-refractivity contribution in [2.24, 2.45) is 5.10 Å². The highest BCUT2D eigenvalue weighted by atomic mass is 79.9. The second kappa shape index (κ2) is 11.1. The summed E-state index contributed by atoms with van der Waals surface area (Å²) in [6.07, 6.45) is 2.83. The zero-order valence-electron chi connectivity index (χ0n) is 17.4. The minimum Gasteiger partial charge on any atom is -0.480 e. The molecule has 0 aliphatic rings. The number of esters is 1. The Hall–Kier alpha value is -2.23. The van der Waals surface area contributed by atoms with Crippen molar-refractivity contribution in [2.45, 2.75) is 26.7 Å². The average molecular weight is 586 g/mol. The van der Waals surface area contributed by atoms with Gasteiger partial charge in [-0.15, -0.1) is 0 Å². The molecule has 0 bridgehead atoms. The first-order valence-corrected chi connectivity index (χ1v) is 11.8. The fourth-order valence-electron chi connectivity index (χ4n) is 2.98. The van der Waals surface area contributed by atoms with E-state index in [1.54, 1.807) is 31.2 Å². The van der Waals surface area contributed by atoms with Crippen LogP contribution in [0.5, 0.6) is 5.75 Å². The van der Waals surface area contributed by atoms with Crippen molar-refractivity contribution in [3.63, 3.8) is 0 Å². The molecule has 0 atom stereocenters. The third-order valence-corrected chi connectivity index (χ3v) is 5.64. The summed E-state index contributed by atoms with van der Waals surface area (Å²) in [4.78, 5) is 29.5. The van der Waals surface area contributed by atoms with E-state index in [4.69, 9.17) is 21.1 Å². The van der Waals surface area contributed by atoms with Crippen LogP contribution >= 0.6 is 43.5 Å². The first kappa shape index (κ1) is 24.4. The molecule has 0 unspecified atom stereocenters. The summed E-state index contributed by atoms with van der Waals surface area (Å²) < 4.78 is 13.1. The molecular formula is C22H20Br2ClN3O4. The van der Waals surface area contributed by atoms with Crippen LogP contribution < -0.4 is 10.3 Å². The zero-order valence-corrected chi connectivity index (χ0v) is 21.3. The fourth-order valence-corrected chi connectivity index (χ4v) is 4.29. The van der Waals surface area contributed by atoms with Crippen molar-refractivity contribution in [3.8, 4) is 5.75 Å². The number of carbonyl (C=O) groups is 1. The first-order valence-electron chi connectivity index (χ1n) is 9.87. The molecule has 0 saturated carbocycles. The lowest BCUT2D eigenvalue weighted by Gasteiger charge is -2.12. The van der Waals surface area contributed by atoms with E-state index in [0.717, 1.165) is 10.9 Å². The lowest BCUT2D eigenvalue weighted by Crippen LogP contribution is -2.22. The molecule has 10 heteroatoms. The normalized spacial score (nSPS) is 11.3. The number of fused-ring (bicyclic) bond motifs is 1. The van der Waals surface area contributed by atoms with Crippen molar-refractivity contribution < 1.29 is 14.3 Å². The van der Waals surface area contributed by atoms with Crippen LogP contribution in [0.4, 0.5) is 0 Å². The number of benzene rings is 2. The predicted molar refractivity (Wildman–Crippen MR) is 132 cm³/mol. The molecule has 2 aromatic carbocycles. The molecule has 32 heavy (non-hydrogen) atoms. The van der Waals surface area contributed by atoms with Gasteiger partial charge in [0.15, 0.2) is 6.61 Å². The fraction of sp³-hybridized carbons (Fsp3) is 0.273. The summed E-state index contributed by atoms with van der Waals surface area (Å²) in [5.41, 5.74) is 0.806. The number of hydrogen-bond donors (Lipinski definition) is 0. The summed E-state index contributed by atoms with van der Waals surface area (Å²) in [6, 6.07) is 8.63. The lowest BCUT2D eigenvalue weighted by atomic mass is 10.2. The molecule has 7 nitrogen and oxygen atoms in total. The van der Waals surface area contributed by atoms with Gasteiger partial charge >= 0.3 is 5.97 Å². The molecule has 0 aliphatic heterocycles. The van der Waals surface area contributed by atoms with Gasteiger partial charge in [0.25, 0.3) is 5.56 Å². The molecule has 0 radical (unpaired) electrons. The predicted octanol–water partition coefficient (Wildman–Crippen LogP) is 5.35. The second-order valence-electron chi connectivity index (χ2n) is 6.70. The third kappa shape index (κ3) is 5.76. The highest BCUT2D eigenvalue weighted by Gasteiger charge is 2.14. The molecule has 1 aromatic heterocycles. The third-order valence-electron chi connectivity index (χ3n) is 4.34. The van der Waals surface area contributed by atoms with Gasteiger partial charge in [-0.05, 0) is 59.6 Å². The van der Waals surface area contributed by atoms with Crippen LogP contribution in [0.15, 0.2) is 49.2 Å². The van der Waals surface area contributed by atoms with Gasteiger partial charge in [-0.2, -0.15) is 9.78 Å². The van der Waals surface area contributed by atoms with Crippen molar-refractivity contribution in [3.05, 3.63) is 66.0 Å². The van der Waals surface area contributed by atoms with Crippen LogP contribution in [0.3, 0.4) is 0 Å². The van der Waals surface area contributed by atoms with Gasteiger partial charge in [0.05, 0.1) is 28.2 Å². The molecule has 0 amide bonds. The summed E-state index contributed by atoms with van der Waals surface area (Å²) >= 11 is 13.0. The van der Waals surface area contributed by atoms with E-state index in [-0.39, 0.29) is 18.8 Å². The maximum atomic E-state index is 13.2. The van der Waals surface area contributed by atoms with Crippen molar-refractivity contribution >= 4 is 66.5 Å². The number of carbonyl (C=O) groups excluding carboxylic acids is 1. The van der Waals surface area contributed by atoms with Gasteiger partial charge in [0, 0.05) is 21.5 Å². The Balaban J connectivity index is 2.06. The topological polar surface area (TPSA) is 82.8 Å². The summed E-state index contributed by atoms with van der Waals surface area (Å²) in [7, 11) is 0. The van der Waals surface area contributed by atoms with Gasteiger partial charge in [-0.3, -0.25) is 4.79 Å². The molecule has 3 rings (SSSR count). The molecule has 168 valence electrons. The second-order valence-corrected chi connectivity index (χ2v) is 8.91. The molecule has 0 saturated heterocycles. The van der Waals surface area contributed by atoms with Crippen LogP contribution in [0.1, 0.15) is 31.7 Å². The van der Waals surface area contributed by atoms with Crippen molar-refractivity contribution in [1.82, 2.24) is 9.66 Å². The number of halogens is 3. The van der Waals surface area contributed by atoms with Crippen LogP contribution in [0.2, 0.25) is 5.02 Å². The summed E-state index contributed by atoms with van der Waals surface area (Å²) in [5, 5.41) is 5.29. The Kier molecular flexibility index (Phi) is 8.44. The van der Waals surface area contributed by atoms with E-state index < -0.39 is 5.97 Å². The Morgan fingerprint density at radius 1 is 1.25 bits per heavy atom. The molecule has 0 spiro atoms. The smallest absolute Gasteiger partial charge is 0.344 e. The van der Waals surface area contributed by atoms with Crippen LogP contribution in [-0.2, 0) is 16.0 Å². The molecule has 0 aliphatic carbocycles. The summed E-state index contributed by atoms with van der Waals surface area (Å²) in [6.45, 7) is 3.70. The van der Waals surface area contributed by atoms with Crippen LogP contribution in [0, 0.1) is 0 Å². The largest absolute Gasteiger partial charge is 0.480 e. The van der Waals surface area contributed by atoms with E-state index in [0.29, 0.717) is 44.0 Å². The van der Waals surface area contributed by atoms with E-state index in [9.17, 15) is 9.59 Å². The van der Waals surface area contributed by atoms with E-state index in [1.807, 2.05) is 13.0 Å². The quantitative estimate of drug-likeness (QED) is 0.263. The van der Waals surface area contributed by atoms with Crippen molar-refractivity contribution in [1.29, 1.82) is 0 Å². The van der Waals surface area contributed by atoms with Crippen LogP contribution in [-0.4, -0.2) is 35.1 Å². The van der Waals surface area contributed by atoms with E-state index in [1.165, 1.54) is 10.9 Å². The number of rotatable bonds is 8. The Morgan fingerprint density at radius 2 is 2.03 bits per heavy atom. The Labute approximate surface area is 206 Å². The molecule has 0 fully saturated rings. The maximum absolute atomic E-state index is 13.2. The highest BCUT2D eigenvalue weighted by molar-refractivity contribution is 9.10. The van der Waals surface area contributed by atoms with E-state index in [2.05, 4.69) is 41.9 Å². The number of ether oxygens (including phenoxy) is 2.